The summed E-state index contributed by atoms with van der Waals surface area (Å²) in [6, 6.07) is 9.98. The number of carbonyl (C=O) groups excluding carboxylic acids is 1. The summed E-state index contributed by atoms with van der Waals surface area (Å²) in [5, 5.41) is 3.44. The Hall–Kier alpha value is -1.47. The molecule has 0 unspecified atom stereocenters. The van der Waals surface area contributed by atoms with E-state index in [2.05, 4.69) is 5.32 Å². The first kappa shape index (κ1) is 19.8. The third kappa shape index (κ3) is 4.79. The smallest absolute Gasteiger partial charge is 0.248 e. The van der Waals surface area contributed by atoms with E-state index in [0.717, 1.165) is 10.6 Å². The fourth-order valence-corrected chi connectivity index (χ4v) is 3.87. The minimum atomic E-state index is -3.76. The summed E-state index contributed by atoms with van der Waals surface area (Å²) in [7, 11) is -3.76. The fraction of sp³-hybridized carbons (Fsp3) is 0.188. The van der Waals surface area contributed by atoms with Crippen LogP contribution >= 0.6 is 34.8 Å². The van der Waals surface area contributed by atoms with Gasteiger partial charge in [-0.1, -0.05) is 46.9 Å². The van der Waals surface area contributed by atoms with Crippen LogP contribution in [0.2, 0.25) is 15.1 Å². The maximum Gasteiger partial charge on any atom is 0.248 e. The van der Waals surface area contributed by atoms with E-state index >= 15 is 0 Å². The van der Waals surface area contributed by atoms with Crippen LogP contribution < -0.4 is 9.62 Å². The van der Waals surface area contributed by atoms with Crippen LogP contribution in [-0.4, -0.2) is 26.6 Å². The van der Waals surface area contributed by atoms with Gasteiger partial charge in [-0.15, -0.1) is 0 Å². The Kier molecular flexibility index (Phi) is 6.21. The van der Waals surface area contributed by atoms with Crippen molar-refractivity contribution in [2.24, 2.45) is 0 Å². The Bertz CT molecular complexity index is 903. The first-order valence-corrected chi connectivity index (χ1v) is 10.1. The van der Waals surface area contributed by atoms with Gasteiger partial charge in [0.2, 0.25) is 15.9 Å². The molecule has 0 spiro atoms. The second-order valence-corrected chi connectivity index (χ2v) is 8.38. The number of sulfonamides is 1. The number of anilines is 2. The summed E-state index contributed by atoms with van der Waals surface area (Å²) in [5.74, 6) is -0.537. The van der Waals surface area contributed by atoms with Gasteiger partial charge in [0, 0.05) is 0 Å². The lowest BCUT2D eigenvalue weighted by Crippen LogP contribution is -2.45. The summed E-state index contributed by atoms with van der Waals surface area (Å²) < 4.78 is 25.4. The van der Waals surface area contributed by atoms with Crippen LogP contribution in [0, 0.1) is 0 Å². The van der Waals surface area contributed by atoms with Crippen molar-refractivity contribution in [2.45, 2.75) is 13.0 Å². The topological polar surface area (TPSA) is 66.5 Å². The third-order valence-corrected chi connectivity index (χ3v) is 5.69. The van der Waals surface area contributed by atoms with E-state index in [1.807, 2.05) is 0 Å². The lowest BCUT2D eigenvalue weighted by Gasteiger charge is -2.28. The number of carbonyl (C=O) groups is 1. The highest BCUT2D eigenvalue weighted by molar-refractivity contribution is 7.92. The molecule has 0 aliphatic rings. The minimum Gasteiger partial charge on any atom is -0.323 e. The van der Waals surface area contributed by atoms with Crippen molar-refractivity contribution in [1.82, 2.24) is 0 Å². The fourth-order valence-electron chi connectivity index (χ4n) is 2.23. The van der Waals surface area contributed by atoms with Gasteiger partial charge in [0.1, 0.15) is 6.04 Å². The van der Waals surface area contributed by atoms with Crippen LogP contribution in [0.4, 0.5) is 11.4 Å². The Balaban J connectivity index is 2.36. The Morgan fingerprint density at radius 2 is 1.68 bits per heavy atom. The number of nitrogens with one attached hydrogen (secondary N) is 1. The first-order valence-electron chi connectivity index (χ1n) is 7.11. The van der Waals surface area contributed by atoms with Gasteiger partial charge in [0.25, 0.3) is 0 Å². The summed E-state index contributed by atoms with van der Waals surface area (Å²) in [4.78, 5) is 12.5. The number of hydrogen-bond acceptors (Lipinski definition) is 3. The van der Waals surface area contributed by atoms with Gasteiger partial charge in [-0.3, -0.25) is 9.10 Å². The molecule has 0 heterocycles. The maximum absolute atomic E-state index is 12.5. The zero-order valence-electron chi connectivity index (χ0n) is 13.3. The molecule has 0 saturated heterocycles. The number of hydrogen-bond donors (Lipinski definition) is 1. The SMILES string of the molecule is C[C@@H](C(=O)Nc1ccccc1Cl)N(c1ccc(Cl)c(Cl)c1)S(C)(=O)=O. The molecule has 0 bridgehead atoms. The molecule has 0 saturated carbocycles. The van der Waals surface area contributed by atoms with Gasteiger partial charge in [-0.2, -0.15) is 0 Å². The highest BCUT2D eigenvalue weighted by Gasteiger charge is 2.29. The molecule has 2 aromatic carbocycles. The Morgan fingerprint density at radius 1 is 1.04 bits per heavy atom. The molecular weight excluding hydrogens is 407 g/mol. The van der Waals surface area contributed by atoms with E-state index in [9.17, 15) is 13.2 Å². The zero-order valence-corrected chi connectivity index (χ0v) is 16.4. The number of amides is 1. The van der Waals surface area contributed by atoms with Crippen molar-refractivity contribution in [1.29, 1.82) is 0 Å². The molecule has 2 aromatic rings. The van der Waals surface area contributed by atoms with Crippen molar-refractivity contribution in [3.8, 4) is 0 Å². The number of nitrogens with zero attached hydrogens (tertiary/aromatic N) is 1. The summed E-state index contributed by atoms with van der Waals surface area (Å²) >= 11 is 17.9. The van der Waals surface area contributed by atoms with E-state index in [0.29, 0.717) is 10.7 Å². The van der Waals surface area contributed by atoms with E-state index in [1.54, 1.807) is 24.3 Å². The van der Waals surface area contributed by atoms with Gasteiger partial charge in [-0.05, 0) is 37.3 Å². The quantitative estimate of drug-likeness (QED) is 0.776. The van der Waals surface area contributed by atoms with Crippen molar-refractivity contribution in [2.75, 3.05) is 15.9 Å². The van der Waals surface area contributed by atoms with E-state index in [1.165, 1.54) is 25.1 Å². The van der Waals surface area contributed by atoms with Crippen LogP contribution in [0.3, 0.4) is 0 Å². The van der Waals surface area contributed by atoms with Crippen molar-refractivity contribution in [3.05, 3.63) is 57.5 Å². The molecule has 1 atom stereocenters. The monoisotopic (exact) mass is 420 g/mol. The largest absolute Gasteiger partial charge is 0.323 e. The lowest BCUT2D eigenvalue weighted by molar-refractivity contribution is -0.116. The molecule has 0 fully saturated rings. The molecule has 9 heteroatoms. The molecule has 0 aromatic heterocycles. The molecule has 5 nitrogen and oxygen atoms in total. The first-order chi connectivity index (χ1) is 11.6. The molecule has 1 N–H and O–H groups in total. The van der Waals surface area contributed by atoms with Crippen LogP contribution in [-0.2, 0) is 14.8 Å². The standard InChI is InChI=1S/C16H15Cl3N2O3S/c1-10(16(22)20-15-6-4-3-5-13(15)18)21(25(2,23)24)11-7-8-12(17)14(19)9-11/h3-10H,1-2H3,(H,20,22)/t10-/m0/s1. The average molecular weight is 422 g/mol. The normalized spacial score (nSPS) is 12.5. The van der Waals surface area contributed by atoms with Gasteiger partial charge >= 0.3 is 0 Å². The lowest BCUT2D eigenvalue weighted by atomic mass is 10.2. The molecule has 0 radical (unpaired) electrons. The van der Waals surface area contributed by atoms with Crippen LogP contribution in [0.1, 0.15) is 6.92 Å². The summed E-state index contributed by atoms with van der Waals surface area (Å²) in [6.07, 6.45) is 1.01. The van der Waals surface area contributed by atoms with E-state index < -0.39 is 22.0 Å². The Labute approximate surface area is 161 Å². The minimum absolute atomic E-state index is 0.187. The number of halogens is 3. The van der Waals surface area contributed by atoms with Crippen molar-refractivity contribution >= 4 is 62.1 Å². The van der Waals surface area contributed by atoms with E-state index in [4.69, 9.17) is 34.8 Å². The third-order valence-electron chi connectivity index (χ3n) is 3.38. The van der Waals surface area contributed by atoms with Gasteiger partial charge < -0.3 is 5.32 Å². The number of rotatable bonds is 5. The van der Waals surface area contributed by atoms with E-state index in [-0.39, 0.29) is 15.7 Å². The molecule has 25 heavy (non-hydrogen) atoms. The second kappa shape index (κ2) is 7.83. The van der Waals surface area contributed by atoms with Gasteiger partial charge in [0.15, 0.2) is 0 Å². The predicted octanol–water partition coefficient (Wildman–Crippen LogP) is 4.44. The number of para-hydroxylation sites is 1. The molecular formula is C16H15Cl3N2O3S. The molecule has 134 valence electrons. The summed E-state index contributed by atoms with van der Waals surface area (Å²) in [5.41, 5.74) is 0.627. The maximum atomic E-state index is 12.5. The highest BCUT2D eigenvalue weighted by Crippen LogP contribution is 2.30. The van der Waals surface area contributed by atoms with Crippen molar-refractivity contribution in [3.63, 3.8) is 0 Å². The molecule has 0 aliphatic carbocycles. The van der Waals surface area contributed by atoms with Crippen LogP contribution in [0.15, 0.2) is 42.5 Å². The predicted molar refractivity (Wildman–Crippen MR) is 103 cm³/mol. The molecule has 2 rings (SSSR count). The average Bonchev–Trinajstić information content (AvgIpc) is 2.51. The van der Waals surface area contributed by atoms with Crippen LogP contribution in [0.5, 0.6) is 0 Å². The molecule has 0 aliphatic heterocycles. The Morgan fingerprint density at radius 3 is 2.24 bits per heavy atom. The zero-order chi connectivity index (χ0) is 18.8. The second-order valence-electron chi connectivity index (χ2n) is 5.30. The highest BCUT2D eigenvalue weighted by atomic mass is 35.5. The van der Waals surface area contributed by atoms with Gasteiger partial charge in [0.05, 0.1) is 32.7 Å². The summed E-state index contributed by atoms with van der Waals surface area (Å²) in [6.45, 7) is 1.47. The molecule has 1 amide bonds. The van der Waals surface area contributed by atoms with Crippen LogP contribution in [0.25, 0.3) is 0 Å². The van der Waals surface area contributed by atoms with Gasteiger partial charge in [-0.25, -0.2) is 8.42 Å². The van der Waals surface area contributed by atoms with Crippen molar-refractivity contribution < 1.29 is 13.2 Å². The number of benzene rings is 2.